The molecule has 0 amide bonds. The van der Waals surface area contributed by atoms with Gasteiger partial charge in [0.2, 0.25) is 0 Å². The molecule has 2 aliphatic heterocycles. The van der Waals surface area contributed by atoms with Crippen molar-refractivity contribution in [1.82, 2.24) is 0 Å². The van der Waals surface area contributed by atoms with Crippen molar-refractivity contribution in [1.29, 1.82) is 0 Å². The zero-order valence-electron chi connectivity index (χ0n) is 33.4. The number of anilines is 2. The summed E-state index contributed by atoms with van der Waals surface area (Å²) in [7, 11) is 0. The number of carbonyl (C=O) groups excluding carboxylic acids is 1. The second-order valence-electron chi connectivity index (χ2n) is 15.8. The van der Waals surface area contributed by atoms with Gasteiger partial charge in [0.25, 0.3) is 11.4 Å². The number of rotatable bonds is 14. The molecule has 0 saturated heterocycles. The van der Waals surface area contributed by atoms with Gasteiger partial charge >= 0.3 is 0 Å². The largest absolute Gasteiger partial charge is 0.343 e. The lowest BCUT2D eigenvalue weighted by molar-refractivity contribution is -0.385. The van der Waals surface area contributed by atoms with E-state index in [1.165, 1.54) is 11.1 Å². The zero-order valence-corrected chi connectivity index (χ0v) is 35.0. The quantitative estimate of drug-likeness (QED) is 0.0532. The van der Waals surface area contributed by atoms with Crippen molar-refractivity contribution in [2.24, 2.45) is 0 Å². The van der Waals surface area contributed by atoms with Crippen LogP contribution in [0.2, 0.25) is 0 Å². The number of hydrogen-bond donors (Lipinski definition) is 0. The van der Waals surface area contributed by atoms with Crippen LogP contribution in [-0.2, 0) is 27.1 Å². The number of ketones is 1. The molecule has 58 heavy (non-hydrogen) atoms. The highest BCUT2D eigenvalue weighted by Gasteiger charge is 2.41. The maximum atomic E-state index is 14.0. The van der Waals surface area contributed by atoms with E-state index in [0.29, 0.717) is 24.3 Å². The standard InChI is InChI=1S/C47H48N4O5S2/c1-46(2)37-15-7-11-19-41(37)48(27-29-57-31-35-13-5-9-17-39(35)50(53)54)43(46)25-23-33-21-22-34(45(33)52)24-26-44-47(3,4)38-16-8-12-20-42(38)49(44)28-30-58-32-36-14-6-10-18-40(36)51(55)56/h5-20,23-26H,21-22,27-32H2,1-4H3/b33-23+,34-24+,43-25?,44-26?. The van der Waals surface area contributed by atoms with Crippen LogP contribution in [-0.4, -0.2) is 40.2 Å². The fourth-order valence-corrected chi connectivity index (χ4v) is 10.3. The van der Waals surface area contributed by atoms with Gasteiger partial charge in [0.1, 0.15) is 0 Å². The number of Topliss-reactive ketones (excluding diaryl/α,β-unsaturated/α-hetero) is 1. The molecule has 0 aromatic heterocycles. The molecule has 2 heterocycles. The molecule has 4 aromatic carbocycles. The Morgan fingerprint density at radius 3 is 1.38 bits per heavy atom. The van der Waals surface area contributed by atoms with Crippen LogP contribution in [0.4, 0.5) is 22.7 Å². The van der Waals surface area contributed by atoms with E-state index in [2.05, 4.69) is 98.2 Å². The average Bonchev–Trinajstić information content (AvgIpc) is 3.75. The summed E-state index contributed by atoms with van der Waals surface area (Å²) in [5.74, 6) is 2.74. The molecule has 0 radical (unpaired) electrons. The number of benzene rings is 4. The normalized spacial score (nSPS) is 19.4. The van der Waals surface area contributed by atoms with Gasteiger partial charge in [0.15, 0.2) is 5.78 Å². The van der Waals surface area contributed by atoms with Gasteiger partial charge in [0, 0.05) is 104 Å². The molecular weight excluding hydrogens is 765 g/mol. The zero-order chi connectivity index (χ0) is 41.0. The smallest absolute Gasteiger partial charge is 0.273 e. The van der Waals surface area contributed by atoms with Crippen molar-refractivity contribution >= 4 is 52.1 Å². The number of para-hydroxylation sites is 4. The summed E-state index contributed by atoms with van der Waals surface area (Å²) >= 11 is 3.36. The summed E-state index contributed by atoms with van der Waals surface area (Å²) < 4.78 is 0. The van der Waals surface area contributed by atoms with E-state index in [9.17, 15) is 25.0 Å². The number of nitro groups is 2. The van der Waals surface area contributed by atoms with E-state index in [-0.39, 0.29) is 37.8 Å². The molecule has 0 bridgehead atoms. The van der Waals surface area contributed by atoms with E-state index in [1.54, 1.807) is 47.8 Å². The van der Waals surface area contributed by atoms with Crippen molar-refractivity contribution in [3.8, 4) is 0 Å². The summed E-state index contributed by atoms with van der Waals surface area (Å²) in [6, 6.07) is 30.7. The summed E-state index contributed by atoms with van der Waals surface area (Å²) in [6.45, 7) is 10.4. The van der Waals surface area contributed by atoms with Crippen LogP contribution >= 0.6 is 23.5 Å². The van der Waals surface area contributed by atoms with Crippen molar-refractivity contribution < 1.29 is 14.6 Å². The Kier molecular flexibility index (Phi) is 12.1. The van der Waals surface area contributed by atoms with Gasteiger partial charge in [-0.05, 0) is 48.3 Å². The minimum atomic E-state index is -0.317. The van der Waals surface area contributed by atoms with Crippen molar-refractivity contribution in [3.05, 3.63) is 186 Å². The molecule has 7 rings (SSSR count). The van der Waals surface area contributed by atoms with E-state index in [0.717, 1.165) is 69.6 Å². The minimum absolute atomic E-state index is 0.0773. The van der Waals surface area contributed by atoms with Crippen LogP contribution in [0.5, 0.6) is 0 Å². The van der Waals surface area contributed by atoms with E-state index in [1.807, 2.05) is 36.4 Å². The second kappa shape index (κ2) is 17.2. The predicted octanol–water partition coefficient (Wildman–Crippen LogP) is 11.2. The minimum Gasteiger partial charge on any atom is -0.343 e. The lowest BCUT2D eigenvalue weighted by atomic mass is 9.83. The van der Waals surface area contributed by atoms with E-state index in [4.69, 9.17) is 0 Å². The Morgan fingerprint density at radius 2 is 0.966 bits per heavy atom. The Bertz CT molecular complexity index is 2220. The fraction of sp³-hybridized carbons (Fsp3) is 0.298. The summed E-state index contributed by atoms with van der Waals surface area (Å²) in [4.78, 5) is 41.1. The molecule has 9 nitrogen and oxygen atoms in total. The topological polar surface area (TPSA) is 110 Å². The molecule has 4 aromatic rings. The SMILES string of the molecule is CC1(C)C(=C/C=C2\CC/C(=C\C=C3N(CCSCc4ccccc4[N+](=O)[O-])c4ccccc4C3(C)C)C2=O)N(CCSCc2ccccc2[N+](=O)[O-])c2ccccc21. The molecule has 0 atom stereocenters. The first-order chi connectivity index (χ1) is 27.9. The average molecular weight is 813 g/mol. The molecule has 0 N–H and O–H groups in total. The van der Waals surface area contributed by atoms with Crippen LogP contribution in [0.25, 0.3) is 0 Å². The van der Waals surface area contributed by atoms with Gasteiger partial charge < -0.3 is 9.80 Å². The van der Waals surface area contributed by atoms with Crippen LogP contribution in [0.1, 0.15) is 62.8 Å². The molecule has 11 heteroatoms. The Labute approximate surface area is 348 Å². The molecule has 0 unspecified atom stereocenters. The van der Waals surface area contributed by atoms with Crippen molar-refractivity contribution in [3.63, 3.8) is 0 Å². The van der Waals surface area contributed by atoms with Gasteiger partial charge in [0.05, 0.1) is 9.85 Å². The van der Waals surface area contributed by atoms with Gasteiger partial charge in [-0.25, -0.2) is 0 Å². The van der Waals surface area contributed by atoms with E-state index < -0.39 is 0 Å². The highest BCUT2D eigenvalue weighted by Crippen LogP contribution is 2.49. The Morgan fingerprint density at radius 1 is 0.586 bits per heavy atom. The van der Waals surface area contributed by atoms with Gasteiger partial charge in [-0.2, -0.15) is 23.5 Å². The van der Waals surface area contributed by atoms with Crippen molar-refractivity contribution in [2.75, 3.05) is 34.4 Å². The first-order valence-corrected chi connectivity index (χ1v) is 21.9. The van der Waals surface area contributed by atoms with Gasteiger partial charge in [-0.3, -0.25) is 25.0 Å². The molecule has 0 spiro atoms. The molecule has 298 valence electrons. The van der Waals surface area contributed by atoms with Crippen LogP contribution in [0, 0.1) is 20.2 Å². The Balaban J connectivity index is 1.08. The molecule has 1 saturated carbocycles. The molecule has 1 aliphatic carbocycles. The molecule has 3 aliphatic rings. The number of fused-ring (bicyclic) bond motifs is 2. The lowest BCUT2D eigenvalue weighted by Gasteiger charge is -2.27. The van der Waals surface area contributed by atoms with Gasteiger partial charge in [-0.1, -0.05) is 113 Å². The summed E-state index contributed by atoms with van der Waals surface area (Å²) in [5, 5.41) is 23.1. The highest BCUT2D eigenvalue weighted by molar-refractivity contribution is 7.98. The summed E-state index contributed by atoms with van der Waals surface area (Å²) in [5.41, 5.74) is 9.82. The van der Waals surface area contributed by atoms with Crippen molar-refractivity contribution in [2.45, 2.75) is 62.9 Å². The highest BCUT2D eigenvalue weighted by atomic mass is 32.2. The number of thioether (sulfide) groups is 2. The molecular formula is C47H48N4O5S2. The van der Waals surface area contributed by atoms with Crippen LogP contribution in [0.3, 0.4) is 0 Å². The number of nitrogens with zero attached hydrogens (tertiary/aromatic N) is 4. The molecule has 1 fully saturated rings. The van der Waals surface area contributed by atoms with Gasteiger partial charge in [-0.15, -0.1) is 0 Å². The first kappa shape index (κ1) is 40.8. The number of allylic oxidation sites excluding steroid dienone is 8. The maximum absolute atomic E-state index is 14.0. The predicted molar refractivity (Wildman–Crippen MR) is 239 cm³/mol. The second-order valence-corrected chi connectivity index (χ2v) is 18.0. The van der Waals surface area contributed by atoms with Crippen LogP contribution in [0.15, 0.2) is 144 Å². The third-order valence-electron chi connectivity index (χ3n) is 11.5. The first-order valence-electron chi connectivity index (χ1n) is 19.6. The van der Waals surface area contributed by atoms with E-state index >= 15 is 0 Å². The third kappa shape index (κ3) is 8.15. The Hall–Kier alpha value is -5.39. The lowest BCUT2D eigenvalue weighted by Crippen LogP contribution is -2.28. The summed E-state index contributed by atoms with van der Waals surface area (Å²) in [6.07, 6.45) is 9.63. The number of nitro benzene ring substituents is 2. The monoisotopic (exact) mass is 812 g/mol. The fourth-order valence-electron chi connectivity index (χ4n) is 8.44. The third-order valence-corrected chi connectivity index (χ3v) is 13.5. The van der Waals surface area contributed by atoms with Crippen LogP contribution < -0.4 is 9.80 Å². The number of carbonyl (C=O) groups is 1. The maximum Gasteiger partial charge on any atom is 0.273 e. The number of hydrogen-bond acceptors (Lipinski definition) is 9.